The zero-order valence-electron chi connectivity index (χ0n) is 18.5. The predicted octanol–water partition coefficient (Wildman–Crippen LogP) is 4.34. The Morgan fingerprint density at radius 2 is 2.00 bits per heavy atom. The molecule has 3 aromatic rings. The van der Waals surface area contributed by atoms with E-state index in [2.05, 4.69) is 35.5 Å². The van der Waals surface area contributed by atoms with Gasteiger partial charge in [0.25, 0.3) is 5.91 Å². The van der Waals surface area contributed by atoms with Crippen molar-refractivity contribution in [1.82, 2.24) is 14.7 Å². The van der Waals surface area contributed by atoms with Gasteiger partial charge in [-0.3, -0.25) is 4.79 Å². The molecule has 1 aliphatic carbocycles. The van der Waals surface area contributed by atoms with Gasteiger partial charge in [0.15, 0.2) is 0 Å². The van der Waals surface area contributed by atoms with Gasteiger partial charge >= 0.3 is 0 Å². The number of carbonyl (C=O) groups is 1. The Bertz CT molecular complexity index is 1300. The summed E-state index contributed by atoms with van der Waals surface area (Å²) in [6, 6.07) is 8.79. The lowest BCUT2D eigenvalue weighted by Gasteiger charge is -2.19. The monoisotopic (exact) mass is 475 g/mol. The van der Waals surface area contributed by atoms with Crippen LogP contribution in [0.4, 0.5) is 0 Å². The van der Waals surface area contributed by atoms with Crippen molar-refractivity contribution in [3.8, 4) is 5.75 Å². The fourth-order valence-corrected chi connectivity index (χ4v) is 5.29. The largest absolute Gasteiger partial charge is 0.495 e. The van der Waals surface area contributed by atoms with Gasteiger partial charge in [0.05, 0.1) is 17.4 Å². The molecule has 2 aromatic heterocycles. The molecule has 1 aromatic carbocycles. The molecule has 0 bridgehead atoms. The molecule has 1 fully saturated rings. The van der Waals surface area contributed by atoms with E-state index >= 15 is 0 Å². The molecule has 1 amide bonds. The van der Waals surface area contributed by atoms with Gasteiger partial charge in [-0.15, -0.1) is 0 Å². The van der Waals surface area contributed by atoms with Gasteiger partial charge in [0.2, 0.25) is 10.0 Å². The number of nitrogens with zero attached hydrogens (tertiary/aromatic N) is 1. The Hall–Kier alpha value is -2.58. The van der Waals surface area contributed by atoms with Gasteiger partial charge in [-0.2, -0.15) is 0 Å². The van der Waals surface area contributed by atoms with Crippen LogP contribution in [0.15, 0.2) is 30.3 Å². The third kappa shape index (κ3) is 4.47. The molecule has 0 aliphatic heterocycles. The van der Waals surface area contributed by atoms with E-state index in [4.69, 9.17) is 16.3 Å². The average molecular weight is 476 g/mol. The van der Waals surface area contributed by atoms with Crippen LogP contribution in [0, 0.1) is 0 Å². The summed E-state index contributed by atoms with van der Waals surface area (Å²) in [6.07, 6.45) is 1.62. The van der Waals surface area contributed by atoms with E-state index in [0.717, 1.165) is 22.2 Å². The summed E-state index contributed by atoms with van der Waals surface area (Å²) in [6.45, 7) is 6.33. The number of sulfonamides is 1. The normalized spacial score (nSPS) is 14.5. The molecular weight excluding hydrogens is 450 g/mol. The number of benzene rings is 1. The Morgan fingerprint density at radius 3 is 2.62 bits per heavy atom. The fourth-order valence-electron chi connectivity index (χ4n) is 3.76. The maximum atomic E-state index is 12.5. The van der Waals surface area contributed by atoms with Crippen molar-refractivity contribution < 1.29 is 17.9 Å². The van der Waals surface area contributed by atoms with Gasteiger partial charge in [-0.05, 0) is 36.6 Å². The quantitative estimate of drug-likeness (QED) is 0.552. The van der Waals surface area contributed by atoms with E-state index in [-0.39, 0.29) is 11.1 Å². The number of nitrogens with one attached hydrogen (secondary N) is 2. The molecule has 2 heterocycles. The molecule has 4 rings (SSSR count). The van der Waals surface area contributed by atoms with Crippen LogP contribution in [0.5, 0.6) is 5.75 Å². The zero-order valence-corrected chi connectivity index (χ0v) is 20.0. The Labute approximate surface area is 192 Å². The summed E-state index contributed by atoms with van der Waals surface area (Å²) in [4.78, 5) is 20.4. The molecule has 1 aliphatic rings. The number of hydrogen-bond donors (Lipinski definition) is 2. The SMILES string of the molecule is COc1cc2[nH]c(C(C)(C)C)c(Cc3cccc(C(=O)NS(=O)(=O)C4CC4)n3)c2cc1Cl. The minimum atomic E-state index is -3.63. The van der Waals surface area contributed by atoms with Crippen LogP contribution in [-0.2, 0) is 21.9 Å². The molecular formula is C23H26ClN3O4S. The number of rotatable bonds is 6. The highest BCUT2D eigenvalue weighted by molar-refractivity contribution is 7.91. The van der Waals surface area contributed by atoms with Crippen LogP contribution in [0.1, 0.15) is 61.1 Å². The summed E-state index contributed by atoms with van der Waals surface area (Å²) in [5, 5.41) is 0.984. The van der Waals surface area contributed by atoms with Crippen LogP contribution in [-0.4, -0.2) is 36.7 Å². The molecule has 0 saturated heterocycles. The summed E-state index contributed by atoms with van der Waals surface area (Å²) in [7, 11) is -2.06. The smallest absolute Gasteiger partial charge is 0.283 e. The Morgan fingerprint density at radius 1 is 1.28 bits per heavy atom. The van der Waals surface area contributed by atoms with E-state index < -0.39 is 21.2 Å². The standard InChI is InChI=1S/C23H26ClN3O4S/c1-23(2,3)21-16(15-11-17(24)20(31-4)12-19(15)26-21)10-13-6-5-7-18(25-13)22(28)27-32(29,30)14-8-9-14/h5-7,11-12,14,26H,8-10H2,1-4H3,(H,27,28). The van der Waals surface area contributed by atoms with Gasteiger partial charge in [0.1, 0.15) is 11.4 Å². The molecule has 0 spiro atoms. The van der Waals surface area contributed by atoms with E-state index in [0.29, 0.717) is 35.7 Å². The third-order valence-corrected chi connectivity index (χ3v) is 7.64. The number of ether oxygens (including phenoxy) is 1. The van der Waals surface area contributed by atoms with Gasteiger partial charge in [-0.25, -0.2) is 18.1 Å². The maximum Gasteiger partial charge on any atom is 0.283 e. The summed E-state index contributed by atoms with van der Waals surface area (Å²) >= 11 is 6.40. The van der Waals surface area contributed by atoms with Crippen molar-refractivity contribution in [2.45, 2.75) is 50.7 Å². The van der Waals surface area contributed by atoms with Crippen LogP contribution >= 0.6 is 11.6 Å². The van der Waals surface area contributed by atoms with Crippen LogP contribution in [0.25, 0.3) is 10.9 Å². The number of carbonyl (C=O) groups excluding carboxylic acids is 1. The van der Waals surface area contributed by atoms with E-state index in [1.54, 1.807) is 13.2 Å². The second-order valence-corrected chi connectivity index (χ2v) is 11.5. The topological polar surface area (TPSA) is 101 Å². The van der Waals surface area contributed by atoms with Gasteiger partial charge < -0.3 is 9.72 Å². The first-order valence-corrected chi connectivity index (χ1v) is 12.3. The first-order valence-electron chi connectivity index (χ1n) is 10.4. The molecule has 7 nitrogen and oxygen atoms in total. The van der Waals surface area contributed by atoms with Crippen LogP contribution in [0.2, 0.25) is 5.02 Å². The molecule has 0 radical (unpaired) electrons. The van der Waals surface area contributed by atoms with E-state index in [1.165, 1.54) is 6.07 Å². The molecule has 9 heteroatoms. The molecule has 1 saturated carbocycles. The number of aromatic amines is 1. The highest BCUT2D eigenvalue weighted by atomic mass is 35.5. The first-order chi connectivity index (χ1) is 15.0. The molecule has 170 valence electrons. The molecule has 32 heavy (non-hydrogen) atoms. The Kier molecular flexibility index (Phi) is 5.71. The van der Waals surface area contributed by atoms with E-state index in [9.17, 15) is 13.2 Å². The van der Waals surface area contributed by atoms with Gasteiger partial charge in [-0.1, -0.05) is 38.4 Å². The second-order valence-electron chi connectivity index (χ2n) is 9.13. The van der Waals surface area contributed by atoms with Crippen molar-refractivity contribution in [3.63, 3.8) is 0 Å². The number of hydrogen-bond acceptors (Lipinski definition) is 5. The minimum Gasteiger partial charge on any atom is -0.495 e. The van der Waals surface area contributed by atoms with Crippen molar-refractivity contribution in [2.75, 3.05) is 7.11 Å². The Balaban J connectivity index is 1.71. The van der Waals surface area contributed by atoms with Crippen molar-refractivity contribution in [1.29, 1.82) is 0 Å². The number of H-pyrrole nitrogens is 1. The van der Waals surface area contributed by atoms with Crippen molar-refractivity contribution >= 4 is 38.4 Å². The molecule has 0 atom stereocenters. The summed E-state index contributed by atoms with van der Waals surface area (Å²) in [5.74, 6) is -0.123. The zero-order chi connectivity index (χ0) is 23.3. The van der Waals surface area contributed by atoms with Crippen LogP contribution < -0.4 is 9.46 Å². The fraction of sp³-hybridized carbons (Fsp3) is 0.391. The second kappa shape index (κ2) is 8.08. The third-order valence-electron chi connectivity index (χ3n) is 5.52. The lowest BCUT2D eigenvalue weighted by molar-refractivity contribution is 0.0976. The summed E-state index contributed by atoms with van der Waals surface area (Å²) in [5.41, 5.74) is 3.50. The lowest BCUT2D eigenvalue weighted by Crippen LogP contribution is -2.33. The number of fused-ring (bicyclic) bond motifs is 1. The number of amides is 1. The number of methoxy groups -OCH3 is 1. The van der Waals surface area contributed by atoms with Crippen molar-refractivity contribution in [2.24, 2.45) is 0 Å². The predicted molar refractivity (Wildman–Crippen MR) is 125 cm³/mol. The van der Waals surface area contributed by atoms with Gasteiger partial charge in [0, 0.05) is 40.2 Å². The minimum absolute atomic E-state index is 0.0728. The number of pyridine rings is 1. The number of aromatic nitrogens is 2. The van der Waals surface area contributed by atoms with Crippen LogP contribution in [0.3, 0.4) is 0 Å². The van der Waals surface area contributed by atoms with E-state index in [1.807, 2.05) is 18.2 Å². The highest BCUT2D eigenvalue weighted by Gasteiger charge is 2.37. The summed E-state index contributed by atoms with van der Waals surface area (Å²) < 4.78 is 31.7. The molecule has 0 unspecified atom stereocenters. The molecule has 2 N–H and O–H groups in total. The highest BCUT2D eigenvalue weighted by Crippen LogP contribution is 2.37. The maximum absolute atomic E-state index is 12.5. The lowest BCUT2D eigenvalue weighted by atomic mass is 9.87. The number of halogens is 1. The first kappa shape index (κ1) is 22.6. The average Bonchev–Trinajstić information content (AvgIpc) is 3.52. The van der Waals surface area contributed by atoms with Crippen molar-refractivity contribution in [3.05, 3.63) is 58.0 Å².